The summed E-state index contributed by atoms with van der Waals surface area (Å²) in [6.45, 7) is 5.89. The molecule has 0 atom stereocenters. The highest BCUT2D eigenvalue weighted by Crippen LogP contribution is 2.23. The van der Waals surface area contributed by atoms with Crippen LogP contribution in [0.5, 0.6) is 5.75 Å². The van der Waals surface area contributed by atoms with E-state index in [-0.39, 0.29) is 36.4 Å². The van der Waals surface area contributed by atoms with Crippen molar-refractivity contribution >= 4 is 41.5 Å². The number of guanidine groups is 1. The minimum atomic E-state index is 0. The number of hydrogen-bond acceptors (Lipinski definition) is 4. The molecule has 0 bridgehead atoms. The van der Waals surface area contributed by atoms with Crippen LogP contribution in [-0.2, 0) is 18.4 Å². The highest BCUT2D eigenvalue weighted by molar-refractivity contribution is 14.0. The number of anilines is 1. The molecule has 1 saturated heterocycles. The Morgan fingerprint density at radius 1 is 1.29 bits per heavy atom. The normalized spacial score (nSPS) is 14.9. The van der Waals surface area contributed by atoms with E-state index in [2.05, 4.69) is 15.4 Å². The van der Waals surface area contributed by atoms with E-state index in [1.54, 1.807) is 22.8 Å². The number of aromatic hydroxyl groups is 1. The molecule has 1 fully saturated rings. The van der Waals surface area contributed by atoms with Gasteiger partial charge in [-0.25, -0.2) is 0 Å². The maximum atomic E-state index is 12.6. The highest BCUT2D eigenvalue weighted by atomic mass is 127. The second-order valence-corrected chi connectivity index (χ2v) is 6.82. The van der Waals surface area contributed by atoms with Crippen LogP contribution < -0.4 is 10.2 Å². The predicted molar refractivity (Wildman–Crippen MR) is 120 cm³/mol. The van der Waals surface area contributed by atoms with Gasteiger partial charge in [0, 0.05) is 39.9 Å². The van der Waals surface area contributed by atoms with Gasteiger partial charge in [-0.1, -0.05) is 12.1 Å². The first-order chi connectivity index (χ1) is 12.9. The number of amides is 1. The van der Waals surface area contributed by atoms with Crippen LogP contribution in [0.4, 0.5) is 5.69 Å². The van der Waals surface area contributed by atoms with Gasteiger partial charge in [-0.05, 0) is 30.5 Å². The molecule has 1 aliphatic heterocycles. The first-order valence-corrected chi connectivity index (χ1v) is 8.92. The molecule has 0 spiro atoms. The summed E-state index contributed by atoms with van der Waals surface area (Å²) >= 11 is 0. The van der Waals surface area contributed by atoms with Gasteiger partial charge in [0.1, 0.15) is 12.3 Å². The number of phenols is 1. The van der Waals surface area contributed by atoms with E-state index in [9.17, 15) is 9.90 Å². The van der Waals surface area contributed by atoms with Gasteiger partial charge >= 0.3 is 0 Å². The Labute approximate surface area is 182 Å². The number of piperazine rings is 1. The number of carbonyl (C=O) groups excluding carboxylic acids is 1. The summed E-state index contributed by atoms with van der Waals surface area (Å²) in [5, 5.41) is 17.4. The zero-order chi connectivity index (χ0) is 19.6. The zero-order valence-corrected chi connectivity index (χ0v) is 19.0. The second kappa shape index (κ2) is 9.26. The number of hydrogen-bond donors (Lipinski definition) is 2. The molecule has 28 heavy (non-hydrogen) atoms. The number of benzene rings is 1. The molecule has 0 unspecified atom stereocenters. The Hall–Kier alpha value is -2.30. The highest BCUT2D eigenvalue weighted by Gasteiger charge is 2.27. The van der Waals surface area contributed by atoms with Crippen LogP contribution in [-0.4, -0.2) is 58.3 Å². The third-order valence-corrected chi connectivity index (χ3v) is 4.74. The van der Waals surface area contributed by atoms with Crippen molar-refractivity contribution in [1.82, 2.24) is 20.0 Å². The molecule has 1 aliphatic rings. The van der Waals surface area contributed by atoms with Crippen molar-refractivity contribution in [3.63, 3.8) is 0 Å². The Morgan fingerprint density at radius 2 is 1.96 bits per heavy atom. The molecule has 0 aliphatic carbocycles. The van der Waals surface area contributed by atoms with Gasteiger partial charge in [0.15, 0.2) is 5.96 Å². The number of halogens is 1. The topological polar surface area (TPSA) is 86.0 Å². The van der Waals surface area contributed by atoms with Crippen molar-refractivity contribution in [3.05, 3.63) is 41.2 Å². The molecule has 1 aromatic heterocycles. The van der Waals surface area contributed by atoms with Crippen molar-refractivity contribution in [3.8, 4) is 5.75 Å². The Balaban J connectivity index is 0.00000280. The maximum absolute atomic E-state index is 12.6. The summed E-state index contributed by atoms with van der Waals surface area (Å²) in [6.07, 6.45) is 3.55. The van der Waals surface area contributed by atoms with Gasteiger partial charge in [-0.3, -0.25) is 14.5 Å². The van der Waals surface area contributed by atoms with E-state index >= 15 is 0 Å². The van der Waals surface area contributed by atoms with Crippen molar-refractivity contribution in [1.29, 1.82) is 0 Å². The third-order valence-electron chi connectivity index (χ3n) is 4.74. The lowest BCUT2D eigenvalue weighted by Gasteiger charge is -2.35. The summed E-state index contributed by atoms with van der Waals surface area (Å²) in [5.74, 6) is 1.05. The lowest BCUT2D eigenvalue weighted by atomic mass is 10.1. The molecule has 2 heterocycles. The van der Waals surface area contributed by atoms with Crippen LogP contribution in [0.15, 0.2) is 29.5 Å². The van der Waals surface area contributed by atoms with E-state index in [1.165, 1.54) is 0 Å². The summed E-state index contributed by atoms with van der Waals surface area (Å²) in [4.78, 5) is 20.6. The molecule has 2 N–H and O–H groups in total. The fourth-order valence-electron chi connectivity index (χ4n) is 3.34. The van der Waals surface area contributed by atoms with Gasteiger partial charge in [0.05, 0.1) is 11.9 Å². The van der Waals surface area contributed by atoms with Crippen LogP contribution in [0.3, 0.4) is 0 Å². The summed E-state index contributed by atoms with van der Waals surface area (Å²) in [5.41, 5.74) is 3.58. The van der Waals surface area contributed by atoms with Gasteiger partial charge in [0.25, 0.3) is 0 Å². The van der Waals surface area contributed by atoms with Crippen molar-refractivity contribution in [2.24, 2.45) is 12.0 Å². The molecular formula is C19H27IN6O2. The Bertz CT molecular complexity index is 856. The zero-order valence-electron chi connectivity index (χ0n) is 16.6. The van der Waals surface area contributed by atoms with E-state index in [0.717, 1.165) is 22.4 Å². The number of nitrogens with zero attached hydrogens (tertiary/aromatic N) is 5. The average molecular weight is 498 g/mol. The van der Waals surface area contributed by atoms with Gasteiger partial charge in [0.2, 0.25) is 5.91 Å². The minimum absolute atomic E-state index is 0. The van der Waals surface area contributed by atoms with Gasteiger partial charge in [-0.2, -0.15) is 5.10 Å². The molecule has 3 rings (SSSR count). The van der Waals surface area contributed by atoms with Crippen LogP contribution in [0.1, 0.15) is 16.7 Å². The first-order valence-electron chi connectivity index (χ1n) is 8.92. The number of aryl methyl sites for hydroxylation is 3. The molecule has 1 aromatic carbocycles. The molecule has 9 heteroatoms. The maximum Gasteiger partial charge on any atom is 0.246 e. The number of aromatic nitrogens is 2. The lowest BCUT2D eigenvalue weighted by molar-refractivity contribution is -0.120. The predicted octanol–water partition coefficient (Wildman–Crippen LogP) is 1.78. The molecule has 152 valence electrons. The standard InChI is InChI=1S/C19H26N6O2.HI/c1-13-7-15(8-14(2)18(13)27)9-21-19(20-3)24-5-6-25(17(26)12-24)16-10-22-23(4)11-16;/h7-8,10-11,27H,5-6,9,12H2,1-4H3,(H,20,21);1H. The fourth-order valence-corrected chi connectivity index (χ4v) is 3.34. The monoisotopic (exact) mass is 498 g/mol. The van der Waals surface area contributed by atoms with Crippen LogP contribution in [0, 0.1) is 13.8 Å². The first kappa shape index (κ1) is 22.0. The third kappa shape index (κ3) is 4.75. The molecule has 0 radical (unpaired) electrons. The number of nitrogens with one attached hydrogen (secondary N) is 1. The lowest BCUT2D eigenvalue weighted by Crippen LogP contribution is -2.55. The van der Waals surface area contributed by atoms with Crippen LogP contribution in [0.25, 0.3) is 0 Å². The smallest absolute Gasteiger partial charge is 0.246 e. The fraction of sp³-hybridized carbons (Fsp3) is 0.421. The number of carbonyl (C=O) groups is 1. The Morgan fingerprint density at radius 3 is 2.50 bits per heavy atom. The number of aliphatic imine (C=N–C) groups is 1. The van der Waals surface area contributed by atoms with E-state index in [4.69, 9.17) is 0 Å². The second-order valence-electron chi connectivity index (χ2n) is 6.82. The van der Waals surface area contributed by atoms with E-state index in [0.29, 0.717) is 31.3 Å². The van der Waals surface area contributed by atoms with Crippen molar-refractivity contribution in [2.45, 2.75) is 20.4 Å². The quantitative estimate of drug-likeness (QED) is 0.383. The molecule has 8 nitrogen and oxygen atoms in total. The average Bonchev–Trinajstić information content (AvgIpc) is 3.06. The van der Waals surface area contributed by atoms with Gasteiger partial charge < -0.3 is 20.2 Å². The molecule has 1 amide bonds. The molecule has 2 aromatic rings. The summed E-state index contributed by atoms with van der Waals surface area (Å²) in [6, 6.07) is 3.90. The minimum Gasteiger partial charge on any atom is -0.507 e. The van der Waals surface area contributed by atoms with E-state index < -0.39 is 0 Å². The van der Waals surface area contributed by atoms with Crippen molar-refractivity contribution < 1.29 is 9.90 Å². The number of rotatable bonds is 3. The Kier molecular flexibility index (Phi) is 7.28. The SMILES string of the molecule is CN=C(NCc1cc(C)c(O)c(C)c1)N1CCN(c2cnn(C)c2)C(=O)C1.I. The van der Waals surface area contributed by atoms with E-state index in [1.807, 2.05) is 44.1 Å². The summed E-state index contributed by atoms with van der Waals surface area (Å²) in [7, 11) is 3.55. The molecular weight excluding hydrogens is 471 g/mol. The van der Waals surface area contributed by atoms with Crippen LogP contribution >= 0.6 is 24.0 Å². The number of phenolic OH excluding ortho intramolecular Hbond substituents is 1. The largest absolute Gasteiger partial charge is 0.507 e. The van der Waals surface area contributed by atoms with Gasteiger partial charge in [-0.15, -0.1) is 24.0 Å². The molecule has 0 saturated carbocycles. The summed E-state index contributed by atoms with van der Waals surface area (Å²) < 4.78 is 1.69. The van der Waals surface area contributed by atoms with Crippen LogP contribution in [0.2, 0.25) is 0 Å². The van der Waals surface area contributed by atoms with Crippen molar-refractivity contribution in [2.75, 3.05) is 31.6 Å².